The summed E-state index contributed by atoms with van der Waals surface area (Å²) < 4.78 is 1.91. The minimum absolute atomic E-state index is 0.0491. The summed E-state index contributed by atoms with van der Waals surface area (Å²) >= 11 is 0. The Kier molecular flexibility index (Phi) is 6.39. The second-order valence-electron chi connectivity index (χ2n) is 6.44. The van der Waals surface area contributed by atoms with E-state index in [1.807, 2.05) is 53.2 Å². The number of nitrogens with zero attached hydrogens (tertiary/aromatic N) is 3. The minimum Gasteiger partial charge on any atom is -0.344 e. The predicted octanol–water partition coefficient (Wildman–Crippen LogP) is 3.69. The van der Waals surface area contributed by atoms with Gasteiger partial charge >= 0.3 is 0 Å². The van der Waals surface area contributed by atoms with Gasteiger partial charge in [-0.25, -0.2) is 4.98 Å². The highest BCUT2D eigenvalue weighted by atomic mass is 16.1. The first-order valence-corrected chi connectivity index (χ1v) is 9.37. The van der Waals surface area contributed by atoms with Gasteiger partial charge in [-0.15, -0.1) is 0 Å². The number of benzene rings is 2. The number of rotatable bonds is 8. The topological polar surface area (TPSA) is 50.2 Å². The standard InChI is InChI=1S/C22H26N4O/c1-3-25(4-2)16-21(18-8-6-5-7-9-18)24-22(27)19-10-12-20(13-11-19)26-15-14-23-17-26/h5-15,17,21H,3-4,16H2,1-2H3,(H,24,27). The van der Waals surface area contributed by atoms with Crippen LogP contribution in [0.1, 0.15) is 35.8 Å². The SMILES string of the molecule is CCN(CC)CC(NC(=O)c1ccc(-n2ccnc2)cc1)c1ccccc1. The van der Waals surface area contributed by atoms with Crippen LogP contribution in [0.4, 0.5) is 0 Å². The average Bonchev–Trinajstić information content (AvgIpc) is 3.26. The number of aromatic nitrogens is 2. The largest absolute Gasteiger partial charge is 0.344 e. The number of likely N-dealkylation sites (N-methyl/N-ethyl adjacent to an activating group) is 1. The lowest BCUT2D eigenvalue weighted by atomic mass is 10.1. The van der Waals surface area contributed by atoms with E-state index in [4.69, 9.17) is 0 Å². The van der Waals surface area contributed by atoms with Crippen LogP contribution >= 0.6 is 0 Å². The molecule has 5 nitrogen and oxygen atoms in total. The fourth-order valence-electron chi connectivity index (χ4n) is 3.10. The number of imidazole rings is 1. The van der Waals surface area contributed by atoms with Crippen LogP contribution in [0.25, 0.3) is 5.69 Å². The highest BCUT2D eigenvalue weighted by Crippen LogP contribution is 2.16. The van der Waals surface area contributed by atoms with Gasteiger partial charge in [0.2, 0.25) is 0 Å². The summed E-state index contributed by atoms with van der Waals surface area (Å²) in [7, 11) is 0. The zero-order valence-electron chi connectivity index (χ0n) is 15.9. The Hall–Kier alpha value is -2.92. The molecule has 140 valence electrons. The molecule has 1 unspecified atom stereocenters. The third-order valence-corrected chi connectivity index (χ3v) is 4.77. The Morgan fingerprint density at radius 1 is 1.07 bits per heavy atom. The van der Waals surface area contributed by atoms with E-state index in [0.717, 1.165) is 30.9 Å². The molecule has 0 radical (unpaired) electrons. The van der Waals surface area contributed by atoms with Crippen molar-refractivity contribution in [1.29, 1.82) is 0 Å². The van der Waals surface area contributed by atoms with Gasteiger partial charge in [0.05, 0.1) is 12.4 Å². The van der Waals surface area contributed by atoms with Crippen LogP contribution in [0, 0.1) is 0 Å². The molecule has 1 atom stereocenters. The van der Waals surface area contributed by atoms with Gasteiger partial charge in [0.15, 0.2) is 0 Å². The monoisotopic (exact) mass is 362 g/mol. The van der Waals surface area contributed by atoms with Crippen molar-refractivity contribution in [3.05, 3.63) is 84.4 Å². The first kappa shape index (κ1) is 18.9. The minimum atomic E-state index is -0.0619. The van der Waals surface area contributed by atoms with Crippen LogP contribution in [0.2, 0.25) is 0 Å². The number of hydrogen-bond donors (Lipinski definition) is 1. The zero-order valence-corrected chi connectivity index (χ0v) is 15.9. The van der Waals surface area contributed by atoms with Crippen molar-refractivity contribution in [1.82, 2.24) is 19.8 Å². The van der Waals surface area contributed by atoms with E-state index in [1.165, 1.54) is 0 Å². The summed E-state index contributed by atoms with van der Waals surface area (Å²) in [6.07, 6.45) is 5.35. The fourth-order valence-corrected chi connectivity index (χ4v) is 3.10. The quantitative estimate of drug-likeness (QED) is 0.665. The van der Waals surface area contributed by atoms with Crippen LogP contribution in [0.5, 0.6) is 0 Å². The van der Waals surface area contributed by atoms with E-state index in [-0.39, 0.29) is 11.9 Å². The molecule has 0 aliphatic rings. The molecule has 27 heavy (non-hydrogen) atoms. The van der Waals surface area contributed by atoms with Crippen molar-refractivity contribution in [2.45, 2.75) is 19.9 Å². The maximum atomic E-state index is 12.8. The smallest absolute Gasteiger partial charge is 0.251 e. The van der Waals surface area contributed by atoms with E-state index in [9.17, 15) is 4.79 Å². The lowest BCUT2D eigenvalue weighted by Gasteiger charge is -2.26. The van der Waals surface area contributed by atoms with Crippen molar-refractivity contribution in [3.63, 3.8) is 0 Å². The molecule has 0 saturated carbocycles. The molecule has 1 aromatic heterocycles. The highest BCUT2D eigenvalue weighted by Gasteiger charge is 2.18. The van der Waals surface area contributed by atoms with Crippen molar-refractivity contribution in [3.8, 4) is 5.69 Å². The molecule has 0 spiro atoms. The molecule has 1 amide bonds. The molecule has 5 heteroatoms. The van der Waals surface area contributed by atoms with Gasteiger partial charge in [-0.3, -0.25) is 4.79 Å². The normalized spacial score (nSPS) is 12.1. The number of amides is 1. The van der Waals surface area contributed by atoms with Gasteiger partial charge in [-0.2, -0.15) is 0 Å². The fraction of sp³-hybridized carbons (Fsp3) is 0.273. The van der Waals surface area contributed by atoms with Gasteiger partial charge in [0, 0.05) is 30.2 Å². The van der Waals surface area contributed by atoms with Gasteiger partial charge in [-0.1, -0.05) is 44.2 Å². The van der Waals surface area contributed by atoms with Gasteiger partial charge in [0.1, 0.15) is 0 Å². The Labute approximate surface area is 160 Å². The average molecular weight is 362 g/mol. The van der Waals surface area contributed by atoms with Crippen molar-refractivity contribution >= 4 is 5.91 Å². The molecule has 0 fully saturated rings. The summed E-state index contributed by atoms with van der Waals surface area (Å²) in [6.45, 7) is 6.98. The molecule has 3 rings (SSSR count). The molecule has 0 bridgehead atoms. The number of carbonyl (C=O) groups excluding carboxylic acids is 1. The first-order chi connectivity index (χ1) is 13.2. The first-order valence-electron chi connectivity index (χ1n) is 9.37. The maximum Gasteiger partial charge on any atom is 0.251 e. The Morgan fingerprint density at radius 2 is 1.78 bits per heavy atom. The lowest BCUT2D eigenvalue weighted by molar-refractivity contribution is 0.0925. The predicted molar refractivity (Wildman–Crippen MR) is 108 cm³/mol. The molecule has 2 aromatic carbocycles. The molecule has 0 saturated heterocycles. The van der Waals surface area contributed by atoms with Crippen LogP contribution in [0.3, 0.4) is 0 Å². The Balaban J connectivity index is 1.75. The van der Waals surface area contributed by atoms with E-state index >= 15 is 0 Å². The van der Waals surface area contributed by atoms with Gasteiger partial charge < -0.3 is 14.8 Å². The molecule has 0 aliphatic carbocycles. The van der Waals surface area contributed by atoms with Crippen LogP contribution < -0.4 is 5.32 Å². The highest BCUT2D eigenvalue weighted by molar-refractivity contribution is 5.94. The summed E-state index contributed by atoms with van der Waals surface area (Å²) in [4.78, 5) is 19.2. The van der Waals surface area contributed by atoms with Crippen LogP contribution in [-0.2, 0) is 0 Å². The second-order valence-corrected chi connectivity index (χ2v) is 6.44. The summed E-state index contributed by atoms with van der Waals surface area (Å²) in [5.74, 6) is -0.0619. The molecular weight excluding hydrogens is 336 g/mol. The van der Waals surface area contributed by atoms with Crippen molar-refractivity contribution in [2.75, 3.05) is 19.6 Å². The van der Waals surface area contributed by atoms with Crippen molar-refractivity contribution < 1.29 is 4.79 Å². The lowest BCUT2D eigenvalue weighted by Crippen LogP contribution is -2.38. The Bertz CT molecular complexity index is 825. The third kappa shape index (κ3) is 4.83. The molecule has 3 aromatic rings. The van der Waals surface area contributed by atoms with E-state index in [1.54, 1.807) is 12.5 Å². The number of nitrogens with one attached hydrogen (secondary N) is 1. The molecule has 1 heterocycles. The van der Waals surface area contributed by atoms with Crippen molar-refractivity contribution in [2.24, 2.45) is 0 Å². The van der Waals surface area contributed by atoms with E-state index in [0.29, 0.717) is 5.56 Å². The summed E-state index contributed by atoms with van der Waals surface area (Å²) in [6, 6.07) is 17.7. The Morgan fingerprint density at radius 3 is 2.37 bits per heavy atom. The van der Waals surface area contributed by atoms with Crippen LogP contribution in [0.15, 0.2) is 73.3 Å². The third-order valence-electron chi connectivity index (χ3n) is 4.77. The molecular formula is C22H26N4O. The maximum absolute atomic E-state index is 12.8. The second kappa shape index (κ2) is 9.14. The van der Waals surface area contributed by atoms with Gasteiger partial charge in [0.25, 0.3) is 5.91 Å². The molecule has 1 N–H and O–H groups in total. The van der Waals surface area contributed by atoms with Crippen LogP contribution in [-0.4, -0.2) is 40.0 Å². The zero-order chi connectivity index (χ0) is 19.1. The van der Waals surface area contributed by atoms with Gasteiger partial charge in [-0.05, 0) is 42.9 Å². The summed E-state index contributed by atoms with van der Waals surface area (Å²) in [5, 5.41) is 3.20. The van der Waals surface area contributed by atoms with E-state index < -0.39 is 0 Å². The van der Waals surface area contributed by atoms with E-state index in [2.05, 4.69) is 41.2 Å². The summed E-state index contributed by atoms with van der Waals surface area (Å²) in [5.41, 5.74) is 2.75. The molecule has 0 aliphatic heterocycles. The number of carbonyl (C=O) groups is 1. The number of hydrogen-bond acceptors (Lipinski definition) is 3.